The number of ether oxygens (including phenoxy) is 1. The fourth-order valence-corrected chi connectivity index (χ4v) is 3.49. The zero-order chi connectivity index (χ0) is 16.8. The number of nitrogen functional groups attached to an aromatic ring is 1. The lowest BCUT2D eigenvalue weighted by atomic mass is 9.97. The summed E-state index contributed by atoms with van der Waals surface area (Å²) in [6.45, 7) is 2.03. The van der Waals surface area contributed by atoms with E-state index in [-0.39, 0.29) is 30.4 Å². The largest absolute Gasteiger partial charge is 0.496 e. The van der Waals surface area contributed by atoms with E-state index in [1.165, 1.54) is 0 Å². The van der Waals surface area contributed by atoms with Crippen molar-refractivity contribution in [2.75, 3.05) is 28.8 Å². The first-order valence-electron chi connectivity index (χ1n) is 8.06. The number of nitrogens with two attached hydrogens (primary N) is 1. The molecule has 4 rings (SSSR count). The Morgan fingerprint density at radius 2 is 1.80 bits per heavy atom. The van der Waals surface area contributed by atoms with Crippen molar-refractivity contribution in [2.45, 2.75) is 25.4 Å². The lowest BCUT2D eigenvalue weighted by Gasteiger charge is -2.16. The molecular formula is C18H21ClN4O2. The summed E-state index contributed by atoms with van der Waals surface area (Å²) in [5.74, 6) is 0.741. The van der Waals surface area contributed by atoms with Crippen molar-refractivity contribution in [1.29, 1.82) is 0 Å². The second-order valence-electron chi connectivity index (χ2n) is 6.16. The number of methoxy groups -OCH3 is 1. The van der Waals surface area contributed by atoms with Gasteiger partial charge in [-0.3, -0.25) is 4.79 Å². The predicted octanol–water partition coefficient (Wildman–Crippen LogP) is 3.68. The average Bonchev–Trinajstić information content (AvgIpc) is 3.11. The molecule has 0 bridgehead atoms. The van der Waals surface area contributed by atoms with Crippen molar-refractivity contribution in [3.63, 3.8) is 0 Å². The van der Waals surface area contributed by atoms with Crippen LogP contribution in [-0.2, 0) is 4.79 Å². The third-order valence-electron chi connectivity index (χ3n) is 4.72. The third kappa shape index (κ3) is 2.72. The van der Waals surface area contributed by atoms with Crippen molar-refractivity contribution in [3.8, 4) is 5.75 Å². The molecule has 0 aromatic heterocycles. The van der Waals surface area contributed by atoms with Crippen LogP contribution < -0.4 is 26.4 Å². The molecule has 2 aliphatic heterocycles. The molecule has 0 spiro atoms. The number of nitrogens with one attached hydrogen (secondary N) is 3. The molecule has 25 heavy (non-hydrogen) atoms. The second kappa shape index (κ2) is 6.37. The van der Waals surface area contributed by atoms with E-state index in [1.807, 2.05) is 31.2 Å². The molecule has 0 aliphatic carbocycles. The second-order valence-corrected chi connectivity index (χ2v) is 6.16. The summed E-state index contributed by atoms with van der Waals surface area (Å²) < 4.78 is 5.45. The third-order valence-corrected chi connectivity index (χ3v) is 4.72. The molecule has 0 radical (unpaired) electrons. The highest BCUT2D eigenvalue weighted by Crippen LogP contribution is 2.45. The summed E-state index contributed by atoms with van der Waals surface area (Å²) in [4.78, 5) is 12.0. The van der Waals surface area contributed by atoms with Gasteiger partial charge >= 0.3 is 0 Å². The maximum atomic E-state index is 12.0. The van der Waals surface area contributed by atoms with Gasteiger partial charge in [0, 0.05) is 23.0 Å². The zero-order valence-corrected chi connectivity index (χ0v) is 14.9. The van der Waals surface area contributed by atoms with Gasteiger partial charge in [0.25, 0.3) is 0 Å². The summed E-state index contributed by atoms with van der Waals surface area (Å²) in [5, 5.41) is 9.87. The van der Waals surface area contributed by atoms with E-state index in [2.05, 4.69) is 22.0 Å². The van der Waals surface area contributed by atoms with Crippen molar-refractivity contribution in [3.05, 3.63) is 41.5 Å². The van der Waals surface area contributed by atoms with Gasteiger partial charge in [0.2, 0.25) is 5.91 Å². The quantitative estimate of drug-likeness (QED) is 0.627. The van der Waals surface area contributed by atoms with Crippen LogP contribution in [-0.4, -0.2) is 13.0 Å². The molecular weight excluding hydrogens is 340 g/mol. The van der Waals surface area contributed by atoms with Gasteiger partial charge in [0.05, 0.1) is 24.4 Å². The van der Waals surface area contributed by atoms with Gasteiger partial charge in [0.15, 0.2) is 0 Å². The van der Waals surface area contributed by atoms with E-state index in [9.17, 15) is 4.79 Å². The Labute approximate surface area is 152 Å². The van der Waals surface area contributed by atoms with E-state index in [4.69, 9.17) is 10.5 Å². The zero-order valence-electron chi connectivity index (χ0n) is 14.1. The minimum atomic E-state index is -0.103. The van der Waals surface area contributed by atoms with Crippen molar-refractivity contribution >= 4 is 41.1 Å². The molecule has 2 atom stereocenters. The smallest absolute Gasteiger partial charge is 0.231 e. The van der Waals surface area contributed by atoms with Crippen LogP contribution in [0, 0.1) is 0 Å². The standard InChI is InChI=1S/C18H20N4O2.ClH/c1-3-10-12-7-14-15(8-13(12)22-18(10)23)21-17(20-14)11-5-4-9(19)6-16(11)24-2;/h4-8,10,17,20-21H,3,19H2,1-2H3,(H,22,23);1H. The number of fused-ring (bicyclic) bond motifs is 2. The maximum absolute atomic E-state index is 12.0. The first-order valence-corrected chi connectivity index (χ1v) is 8.06. The number of carbonyl (C=O) groups is 1. The highest BCUT2D eigenvalue weighted by atomic mass is 35.5. The van der Waals surface area contributed by atoms with Gasteiger partial charge in [-0.1, -0.05) is 6.92 Å². The number of hydrogen-bond acceptors (Lipinski definition) is 5. The summed E-state index contributed by atoms with van der Waals surface area (Å²) in [6.07, 6.45) is 0.689. The van der Waals surface area contributed by atoms with E-state index < -0.39 is 0 Å². The Bertz CT molecular complexity index is 840. The summed E-state index contributed by atoms with van der Waals surface area (Å²) in [7, 11) is 1.64. The van der Waals surface area contributed by atoms with Gasteiger partial charge in [-0.2, -0.15) is 0 Å². The van der Waals surface area contributed by atoms with E-state index in [0.29, 0.717) is 5.69 Å². The lowest BCUT2D eigenvalue weighted by molar-refractivity contribution is -0.117. The minimum Gasteiger partial charge on any atom is -0.496 e. The Hall–Kier alpha value is -2.60. The number of halogens is 1. The number of rotatable bonds is 3. The van der Waals surface area contributed by atoms with Gasteiger partial charge in [0.1, 0.15) is 11.9 Å². The minimum absolute atomic E-state index is 0. The monoisotopic (exact) mass is 360 g/mol. The van der Waals surface area contributed by atoms with Crippen LogP contribution in [0.25, 0.3) is 0 Å². The molecule has 2 aromatic rings. The number of hydrogen-bond donors (Lipinski definition) is 4. The fraction of sp³-hybridized carbons (Fsp3) is 0.278. The van der Waals surface area contributed by atoms with Crippen LogP contribution in [0.15, 0.2) is 30.3 Å². The van der Waals surface area contributed by atoms with E-state index >= 15 is 0 Å². The molecule has 6 nitrogen and oxygen atoms in total. The van der Waals surface area contributed by atoms with Gasteiger partial charge < -0.3 is 26.4 Å². The maximum Gasteiger partial charge on any atom is 0.231 e. The Balaban J connectivity index is 0.00000182. The molecule has 2 heterocycles. The van der Waals surface area contributed by atoms with Gasteiger partial charge in [-0.25, -0.2) is 0 Å². The predicted molar refractivity (Wildman–Crippen MR) is 103 cm³/mol. The molecule has 0 saturated carbocycles. The average molecular weight is 361 g/mol. The van der Waals surface area contributed by atoms with E-state index in [1.54, 1.807) is 7.11 Å². The normalized spacial score (nSPS) is 19.8. The Morgan fingerprint density at radius 1 is 1.08 bits per heavy atom. The Morgan fingerprint density at radius 3 is 2.48 bits per heavy atom. The number of carbonyl (C=O) groups excluding carboxylic acids is 1. The number of anilines is 4. The van der Waals surface area contributed by atoms with Crippen LogP contribution in [0.1, 0.15) is 36.6 Å². The lowest BCUT2D eigenvalue weighted by Crippen LogP contribution is -2.14. The molecule has 2 unspecified atom stereocenters. The summed E-state index contributed by atoms with van der Waals surface area (Å²) >= 11 is 0. The molecule has 0 saturated heterocycles. The topological polar surface area (TPSA) is 88.4 Å². The highest BCUT2D eigenvalue weighted by molar-refractivity contribution is 6.04. The molecule has 7 heteroatoms. The fourth-order valence-electron chi connectivity index (χ4n) is 3.49. The number of amides is 1. The molecule has 132 valence electrons. The first-order chi connectivity index (χ1) is 11.6. The highest BCUT2D eigenvalue weighted by Gasteiger charge is 2.33. The molecule has 0 fully saturated rings. The Kier molecular flexibility index (Phi) is 4.39. The molecule has 5 N–H and O–H groups in total. The van der Waals surface area contributed by atoms with Crippen LogP contribution >= 0.6 is 12.4 Å². The van der Waals surface area contributed by atoms with Crippen molar-refractivity contribution in [2.24, 2.45) is 0 Å². The molecule has 1 amide bonds. The molecule has 2 aliphatic rings. The summed E-state index contributed by atoms with van der Waals surface area (Å²) in [6, 6.07) is 9.68. The van der Waals surface area contributed by atoms with Crippen LogP contribution in [0.3, 0.4) is 0 Å². The van der Waals surface area contributed by atoms with Crippen LogP contribution in [0.2, 0.25) is 0 Å². The van der Waals surface area contributed by atoms with E-state index in [0.717, 1.165) is 40.4 Å². The number of benzene rings is 2. The van der Waals surface area contributed by atoms with Crippen molar-refractivity contribution in [1.82, 2.24) is 0 Å². The summed E-state index contributed by atoms with van der Waals surface area (Å²) in [5.41, 5.74) is 11.4. The van der Waals surface area contributed by atoms with Crippen LogP contribution in [0.4, 0.5) is 22.7 Å². The van der Waals surface area contributed by atoms with Gasteiger partial charge in [-0.05, 0) is 36.2 Å². The molecule has 2 aromatic carbocycles. The van der Waals surface area contributed by atoms with Gasteiger partial charge in [-0.15, -0.1) is 12.4 Å². The van der Waals surface area contributed by atoms with Crippen LogP contribution in [0.5, 0.6) is 5.75 Å². The SMILES string of the molecule is CCC1C(=O)Nc2cc3c(cc21)NC(c1ccc(N)cc1OC)N3.Cl. The first kappa shape index (κ1) is 17.2. The van der Waals surface area contributed by atoms with Crippen molar-refractivity contribution < 1.29 is 9.53 Å².